The van der Waals surface area contributed by atoms with Crippen molar-refractivity contribution < 1.29 is 47.9 Å². The molecular formula is C34H45NO10. The number of cyclic esters (lactones) is 1. The molecule has 3 heterocycles. The van der Waals surface area contributed by atoms with Crippen molar-refractivity contribution in [2.24, 2.45) is 29.6 Å². The first-order valence-electron chi connectivity index (χ1n) is 16.1. The van der Waals surface area contributed by atoms with E-state index in [1.54, 1.807) is 17.9 Å². The summed E-state index contributed by atoms with van der Waals surface area (Å²) in [5.74, 6) is -2.56. The van der Waals surface area contributed by atoms with Crippen LogP contribution in [0.1, 0.15) is 40.5 Å². The van der Waals surface area contributed by atoms with Crippen LogP contribution in [0.5, 0.6) is 0 Å². The second-order valence-corrected chi connectivity index (χ2v) is 13.3. The van der Waals surface area contributed by atoms with Gasteiger partial charge in [0.15, 0.2) is 6.10 Å². The molecule has 0 aromatic rings. The van der Waals surface area contributed by atoms with E-state index in [0.29, 0.717) is 38.3 Å². The Bertz CT molecular complexity index is 1300. The van der Waals surface area contributed by atoms with Crippen LogP contribution >= 0.6 is 0 Å². The molecule has 0 unspecified atom stereocenters. The molecular weight excluding hydrogens is 582 g/mol. The van der Waals surface area contributed by atoms with Crippen LogP contribution in [0.2, 0.25) is 0 Å². The summed E-state index contributed by atoms with van der Waals surface area (Å²) < 4.78 is 36.0. The standard InChI is InChI=1S/C34H45NO10/c1-18-16-19(2)34-23(17-25(40-5)32(38)43-28(18)21(4)42-33(39)35-12-14-41-15-13-35)10-11-24-26(34)27(36)20(3)29(30(24)45-34)44-31(37)22-8-6-7-9-22/h6-8,10-11,16,18,20-21,23-30,36H,9,12-15,17H2,1-5H3/b19-16+/t18-,20-,21-,23-,24-,25+,26+,27-,28+,29-,30-,34+/m1/s1. The third kappa shape index (κ3) is 5.55. The largest absolute Gasteiger partial charge is 0.456 e. The summed E-state index contributed by atoms with van der Waals surface area (Å²) in [6, 6.07) is 0. The molecule has 246 valence electrons. The van der Waals surface area contributed by atoms with Crippen molar-refractivity contribution in [3.8, 4) is 0 Å². The van der Waals surface area contributed by atoms with Crippen LogP contribution in [0, 0.1) is 29.6 Å². The maximum atomic E-state index is 13.6. The molecule has 0 aromatic carbocycles. The Morgan fingerprint density at radius 1 is 1.18 bits per heavy atom. The molecule has 1 saturated carbocycles. The fraction of sp³-hybridized carbons (Fsp3) is 0.676. The van der Waals surface area contributed by atoms with E-state index in [0.717, 1.165) is 5.57 Å². The number of nitrogens with zero attached hydrogens (tertiary/aromatic N) is 1. The summed E-state index contributed by atoms with van der Waals surface area (Å²) >= 11 is 0. The van der Waals surface area contributed by atoms with Crippen molar-refractivity contribution in [3.63, 3.8) is 0 Å². The van der Waals surface area contributed by atoms with Gasteiger partial charge in [-0.05, 0) is 32.3 Å². The molecule has 4 bridgehead atoms. The Hall–Kier alpha value is -2.99. The lowest BCUT2D eigenvalue weighted by atomic mass is 9.57. The lowest BCUT2D eigenvalue weighted by molar-refractivity contribution is -0.173. The lowest BCUT2D eigenvalue weighted by Crippen LogP contribution is -2.57. The minimum Gasteiger partial charge on any atom is -0.456 e. The number of allylic oxidation sites excluding steroid dienone is 3. The van der Waals surface area contributed by atoms with Gasteiger partial charge in [0.1, 0.15) is 30.0 Å². The first kappa shape index (κ1) is 32.0. The van der Waals surface area contributed by atoms with Gasteiger partial charge in [-0.1, -0.05) is 50.3 Å². The summed E-state index contributed by atoms with van der Waals surface area (Å²) in [7, 11) is 1.47. The Kier molecular flexibility index (Phi) is 8.99. The molecule has 11 heteroatoms. The van der Waals surface area contributed by atoms with Crippen molar-refractivity contribution in [1.82, 2.24) is 4.90 Å². The highest BCUT2D eigenvalue weighted by atomic mass is 16.6. The molecule has 6 aliphatic rings. The van der Waals surface area contributed by atoms with E-state index in [9.17, 15) is 19.5 Å². The predicted octanol–water partition coefficient (Wildman–Crippen LogP) is 3.12. The van der Waals surface area contributed by atoms with Crippen LogP contribution in [-0.2, 0) is 38.0 Å². The Morgan fingerprint density at radius 2 is 1.93 bits per heavy atom. The van der Waals surface area contributed by atoms with Gasteiger partial charge < -0.3 is 38.4 Å². The Morgan fingerprint density at radius 3 is 2.62 bits per heavy atom. The minimum atomic E-state index is -0.978. The van der Waals surface area contributed by atoms with Crippen LogP contribution in [0.4, 0.5) is 4.79 Å². The maximum absolute atomic E-state index is 13.6. The number of aliphatic hydroxyl groups is 1. The lowest BCUT2D eigenvalue weighted by Gasteiger charge is -2.49. The number of carbonyl (C=O) groups excluding carboxylic acids is 3. The average molecular weight is 628 g/mol. The van der Waals surface area contributed by atoms with E-state index in [1.165, 1.54) is 7.11 Å². The molecule has 3 fully saturated rings. The molecule has 45 heavy (non-hydrogen) atoms. The molecule has 3 aliphatic carbocycles. The highest BCUT2D eigenvalue weighted by Crippen LogP contribution is 2.61. The number of aliphatic hydroxyl groups excluding tert-OH is 1. The van der Waals surface area contributed by atoms with Crippen LogP contribution in [0.3, 0.4) is 0 Å². The number of amides is 1. The zero-order valence-corrected chi connectivity index (χ0v) is 26.6. The zero-order chi connectivity index (χ0) is 32.0. The predicted molar refractivity (Wildman–Crippen MR) is 161 cm³/mol. The van der Waals surface area contributed by atoms with Gasteiger partial charge in [0, 0.05) is 55.4 Å². The van der Waals surface area contributed by atoms with Crippen molar-refractivity contribution >= 4 is 18.0 Å². The summed E-state index contributed by atoms with van der Waals surface area (Å²) in [6.07, 6.45) is 7.44. The highest BCUT2D eigenvalue weighted by molar-refractivity contribution is 5.90. The number of hydrogen-bond acceptors (Lipinski definition) is 10. The first-order valence-corrected chi connectivity index (χ1v) is 16.1. The van der Waals surface area contributed by atoms with E-state index in [2.05, 4.69) is 6.08 Å². The molecule has 0 aromatic heterocycles. The van der Waals surface area contributed by atoms with Gasteiger partial charge in [0.2, 0.25) is 0 Å². The van der Waals surface area contributed by atoms with Gasteiger partial charge in [0.25, 0.3) is 0 Å². The van der Waals surface area contributed by atoms with Crippen LogP contribution < -0.4 is 0 Å². The van der Waals surface area contributed by atoms with Gasteiger partial charge in [-0.2, -0.15) is 0 Å². The second kappa shape index (κ2) is 12.7. The SMILES string of the molecule is CO[C@H]1C[C@H]2C=C[C@H]3[C@H]4O[C@]2(/C(C)=C/[C@@H](C)[C@@H]([C@@H](C)OC(=O)N2CCOCC2)OC1=O)[C@@H]3[C@H](O)[C@@H](C)[C@H]4OC(=O)C1=CC=CC1. The number of morpholine rings is 1. The van der Waals surface area contributed by atoms with Gasteiger partial charge >= 0.3 is 18.0 Å². The van der Waals surface area contributed by atoms with E-state index in [4.69, 9.17) is 28.4 Å². The van der Waals surface area contributed by atoms with Crippen molar-refractivity contribution in [2.75, 3.05) is 33.4 Å². The number of carbonyl (C=O) groups is 3. The summed E-state index contributed by atoms with van der Waals surface area (Å²) in [5, 5.41) is 11.9. The van der Waals surface area contributed by atoms with E-state index in [1.807, 2.05) is 45.1 Å². The van der Waals surface area contributed by atoms with Crippen LogP contribution in [0.25, 0.3) is 0 Å². The molecule has 6 rings (SSSR count). The summed E-state index contributed by atoms with van der Waals surface area (Å²) in [6.45, 7) is 9.27. The van der Waals surface area contributed by atoms with Crippen molar-refractivity contribution in [2.45, 2.75) is 82.8 Å². The molecule has 0 radical (unpaired) electrons. The van der Waals surface area contributed by atoms with E-state index in [-0.39, 0.29) is 36.0 Å². The molecule has 1 spiro atoms. The first-order chi connectivity index (χ1) is 21.6. The van der Waals surface area contributed by atoms with Crippen molar-refractivity contribution in [1.29, 1.82) is 0 Å². The zero-order valence-electron chi connectivity index (χ0n) is 26.6. The van der Waals surface area contributed by atoms with Crippen LogP contribution in [0.15, 0.2) is 47.6 Å². The molecule has 11 nitrogen and oxygen atoms in total. The number of hydrogen-bond donors (Lipinski definition) is 1. The minimum absolute atomic E-state index is 0.195. The van der Waals surface area contributed by atoms with Gasteiger partial charge in [0.05, 0.1) is 19.3 Å². The topological polar surface area (TPSA) is 130 Å². The van der Waals surface area contributed by atoms with Gasteiger partial charge in [-0.3, -0.25) is 0 Å². The molecule has 12 atom stereocenters. The number of rotatable bonds is 5. The quantitative estimate of drug-likeness (QED) is 0.276. The summed E-state index contributed by atoms with van der Waals surface area (Å²) in [5.41, 5.74) is 0.478. The fourth-order valence-electron chi connectivity index (χ4n) is 8.33. The Labute approximate surface area is 264 Å². The molecule has 2 saturated heterocycles. The number of ether oxygens (including phenoxy) is 6. The molecule has 1 N–H and O–H groups in total. The number of esters is 2. The Balaban J connectivity index is 1.32. The smallest absolute Gasteiger partial charge is 0.410 e. The normalized spacial score (nSPS) is 42.5. The average Bonchev–Trinajstić information content (AvgIpc) is 3.64. The van der Waals surface area contributed by atoms with Crippen molar-refractivity contribution in [3.05, 3.63) is 47.6 Å². The van der Waals surface area contributed by atoms with E-state index < -0.39 is 60.3 Å². The number of methoxy groups -OCH3 is 1. The highest BCUT2D eigenvalue weighted by Gasteiger charge is 2.69. The fourth-order valence-corrected chi connectivity index (χ4v) is 8.33. The van der Waals surface area contributed by atoms with Crippen LogP contribution in [-0.4, -0.2) is 104 Å². The monoisotopic (exact) mass is 627 g/mol. The second-order valence-electron chi connectivity index (χ2n) is 13.3. The third-order valence-corrected chi connectivity index (χ3v) is 10.7. The molecule has 3 aliphatic heterocycles. The third-order valence-electron chi connectivity index (χ3n) is 10.7. The van der Waals surface area contributed by atoms with Gasteiger partial charge in [-0.25, -0.2) is 14.4 Å². The molecule has 1 amide bonds. The van der Waals surface area contributed by atoms with Gasteiger partial charge in [-0.15, -0.1) is 0 Å². The maximum Gasteiger partial charge on any atom is 0.410 e. The van der Waals surface area contributed by atoms with E-state index >= 15 is 0 Å². The summed E-state index contributed by atoms with van der Waals surface area (Å²) in [4.78, 5) is 41.2.